The molecule has 1 N–H and O–H groups in total. The van der Waals surface area contributed by atoms with Crippen LogP contribution in [-0.4, -0.2) is 39.2 Å². The third-order valence-corrected chi connectivity index (χ3v) is 6.46. The van der Waals surface area contributed by atoms with E-state index in [9.17, 15) is 9.59 Å². The molecule has 2 aromatic heterocycles. The first-order valence-electron chi connectivity index (χ1n) is 11.6. The van der Waals surface area contributed by atoms with Crippen molar-refractivity contribution in [1.82, 2.24) is 14.8 Å². The van der Waals surface area contributed by atoms with Crippen molar-refractivity contribution >= 4 is 46.9 Å². The van der Waals surface area contributed by atoms with Crippen LogP contribution in [0.2, 0.25) is 10.0 Å². The van der Waals surface area contributed by atoms with Crippen molar-refractivity contribution in [3.63, 3.8) is 0 Å². The minimum Gasteiger partial charge on any atom is -0.306 e. The summed E-state index contributed by atoms with van der Waals surface area (Å²) in [5, 5.41) is 7.94. The Labute approximate surface area is 223 Å². The summed E-state index contributed by atoms with van der Waals surface area (Å²) in [4.78, 5) is 34.8. The van der Waals surface area contributed by atoms with E-state index in [1.165, 1.54) is 10.7 Å². The van der Waals surface area contributed by atoms with Gasteiger partial charge in [-0.05, 0) is 48.4 Å². The van der Waals surface area contributed by atoms with Crippen LogP contribution in [0.5, 0.6) is 0 Å². The maximum Gasteiger partial charge on any atom is 0.258 e. The van der Waals surface area contributed by atoms with Gasteiger partial charge in [0, 0.05) is 30.5 Å². The van der Waals surface area contributed by atoms with Crippen molar-refractivity contribution < 1.29 is 9.59 Å². The lowest BCUT2D eigenvalue weighted by Crippen LogP contribution is -2.16. The molecule has 0 saturated heterocycles. The Hall–Kier alpha value is -4.07. The highest BCUT2D eigenvalue weighted by molar-refractivity contribution is 6.38. The van der Waals surface area contributed by atoms with Crippen LogP contribution in [0.3, 0.4) is 0 Å². The van der Waals surface area contributed by atoms with Crippen molar-refractivity contribution in [3.8, 4) is 16.9 Å². The molecule has 0 radical (unpaired) electrons. The number of carbonyl (C=O) groups excluding carboxylic acids is 2. The molecule has 0 aliphatic carbocycles. The first-order valence-corrected chi connectivity index (χ1v) is 12.3. The molecule has 0 fully saturated rings. The van der Waals surface area contributed by atoms with Crippen LogP contribution < -0.4 is 5.32 Å². The average molecular weight is 530 g/mol. The Kier molecular flexibility index (Phi) is 7.25. The van der Waals surface area contributed by atoms with Crippen molar-refractivity contribution in [2.45, 2.75) is 12.8 Å². The summed E-state index contributed by atoms with van der Waals surface area (Å²) in [5.41, 5.74) is 3.39. The molecule has 0 bridgehead atoms. The molecule has 4 aromatic rings. The van der Waals surface area contributed by atoms with E-state index in [4.69, 9.17) is 23.2 Å². The predicted octanol–water partition coefficient (Wildman–Crippen LogP) is 6.47. The minimum atomic E-state index is -0.470. The number of para-hydroxylation sites is 1. The third-order valence-electron chi connectivity index (χ3n) is 5.84. The number of carbonyl (C=O) groups is 2. The minimum absolute atomic E-state index is 0.131. The number of rotatable bonds is 8. The van der Waals surface area contributed by atoms with E-state index in [2.05, 4.69) is 20.4 Å². The number of anilines is 1. The number of aliphatic imine (C=N–C) groups is 1. The van der Waals surface area contributed by atoms with E-state index in [0.29, 0.717) is 40.8 Å². The van der Waals surface area contributed by atoms with E-state index in [1.54, 1.807) is 36.7 Å². The van der Waals surface area contributed by atoms with E-state index >= 15 is 0 Å². The van der Waals surface area contributed by atoms with Gasteiger partial charge in [0.1, 0.15) is 11.5 Å². The van der Waals surface area contributed by atoms with E-state index in [0.717, 1.165) is 5.57 Å². The van der Waals surface area contributed by atoms with Crippen molar-refractivity contribution in [3.05, 3.63) is 106 Å². The van der Waals surface area contributed by atoms with Gasteiger partial charge in [-0.3, -0.25) is 19.6 Å². The van der Waals surface area contributed by atoms with Gasteiger partial charge in [-0.15, -0.1) is 0 Å². The highest BCUT2D eigenvalue weighted by Gasteiger charge is 2.21. The molecule has 0 unspecified atom stereocenters. The Balaban J connectivity index is 1.45. The number of aromatic nitrogens is 3. The fourth-order valence-electron chi connectivity index (χ4n) is 3.94. The molecule has 2 aromatic carbocycles. The van der Waals surface area contributed by atoms with Crippen molar-refractivity contribution in [1.29, 1.82) is 0 Å². The number of allylic oxidation sites excluding steroid dienone is 1. The third kappa shape index (κ3) is 5.53. The number of hydrogen-bond donors (Lipinski definition) is 1. The molecular formula is C28H21Cl2N5O2. The molecule has 0 spiro atoms. The summed E-state index contributed by atoms with van der Waals surface area (Å²) in [6, 6.07) is 19.4. The Morgan fingerprint density at radius 2 is 1.78 bits per heavy atom. The standard InChI is InChI=1S/C28H21Cl2N5O2/c29-22-15-23(30)21(14-20(22)24-8-4-5-12-32-24)28(37)33-27-16-25(26(36)10-9-18-11-13-31-17-18)34-35(27)19-6-2-1-3-7-19/h1-8,11-12,14-17H,9-10,13H2,(H,33,37). The predicted molar refractivity (Wildman–Crippen MR) is 146 cm³/mol. The number of pyridine rings is 1. The number of benzene rings is 2. The van der Waals surface area contributed by atoms with Crippen LogP contribution in [0.15, 0.2) is 89.6 Å². The first-order chi connectivity index (χ1) is 18.0. The van der Waals surface area contributed by atoms with Crippen molar-refractivity contribution in [2.75, 3.05) is 11.9 Å². The second-order valence-corrected chi connectivity index (χ2v) is 9.15. The lowest BCUT2D eigenvalue weighted by molar-refractivity contribution is 0.0976. The summed E-state index contributed by atoms with van der Waals surface area (Å²) >= 11 is 12.8. The van der Waals surface area contributed by atoms with Crippen LogP contribution in [0.1, 0.15) is 33.7 Å². The van der Waals surface area contributed by atoms with Gasteiger partial charge in [-0.1, -0.05) is 53.5 Å². The quantitative estimate of drug-likeness (QED) is 0.265. The molecular weight excluding hydrogens is 509 g/mol. The fraction of sp³-hybridized carbons (Fsp3) is 0.107. The molecule has 1 aliphatic heterocycles. The van der Waals surface area contributed by atoms with Gasteiger partial charge >= 0.3 is 0 Å². The number of Topliss-reactive ketones (excluding diaryl/α,β-unsaturated/α-hetero) is 1. The molecule has 1 aliphatic rings. The molecule has 9 heteroatoms. The molecule has 3 heterocycles. The SMILES string of the molecule is O=C(CCC1=CCN=C1)c1cc(NC(=O)c2cc(-c3ccccn3)c(Cl)cc2Cl)n(-c2ccccc2)n1. The maximum atomic E-state index is 13.4. The summed E-state index contributed by atoms with van der Waals surface area (Å²) < 4.78 is 1.53. The zero-order valence-corrected chi connectivity index (χ0v) is 21.1. The van der Waals surface area contributed by atoms with Crippen LogP contribution in [-0.2, 0) is 0 Å². The van der Waals surface area contributed by atoms with Gasteiger partial charge < -0.3 is 5.32 Å². The van der Waals surface area contributed by atoms with Gasteiger partial charge in [-0.25, -0.2) is 4.68 Å². The number of amides is 1. The van der Waals surface area contributed by atoms with Crippen LogP contribution >= 0.6 is 23.2 Å². The molecule has 7 nitrogen and oxygen atoms in total. The van der Waals surface area contributed by atoms with E-state index < -0.39 is 5.91 Å². The lowest BCUT2D eigenvalue weighted by Gasteiger charge is -2.12. The summed E-state index contributed by atoms with van der Waals surface area (Å²) in [5.74, 6) is -0.262. The molecule has 184 valence electrons. The first kappa shape index (κ1) is 24.6. The maximum absolute atomic E-state index is 13.4. The van der Waals surface area contributed by atoms with Gasteiger partial charge in [0.25, 0.3) is 5.91 Å². The Morgan fingerprint density at radius 3 is 2.51 bits per heavy atom. The highest BCUT2D eigenvalue weighted by Crippen LogP contribution is 2.32. The van der Waals surface area contributed by atoms with Crippen LogP contribution in [0, 0.1) is 0 Å². The molecule has 37 heavy (non-hydrogen) atoms. The second-order valence-electron chi connectivity index (χ2n) is 8.34. The second kappa shape index (κ2) is 10.9. The molecule has 0 saturated carbocycles. The lowest BCUT2D eigenvalue weighted by atomic mass is 10.1. The van der Waals surface area contributed by atoms with Gasteiger partial charge in [-0.2, -0.15) is 5.10 Å². The van der Waals surface area contributed by atoms with Gasteiger partial charge in [0.2, 0.25) is 0 Å². The molecule has 1 amide bonds. The van der Waals surface area contributed by atoms with Gasteiger partial charge in [0.05, 0.1) is 33.5 Å². The van der Waals surface area contributed by atoms with Gasteiger partial charge in [0.15, 0.2) is 5.78 Å². The highest BCUT2D eigenvalue weighted by atomic mass is 35.5. The normalized spacial score (nSPS) is 12.4. The van der Waals surface area contributed by atoms with E-state index in [-0.39, 0.29) is 28.5 Å². The smallest absolute Gasteiger partial charge is 0.258 e. The number of halogens is 2. The zero-order chi connectivity index (χ0) is 25.8. The van der Waals surface area contributed by atoms with E-state index in [1.807, 2.05) is 42.5 Å². The largest absolute Gasteiger partial charge is 0.306 e. The summed E-state index contributed by atoms with van der Waals surface area (Å²) in [6.07, 6.45) is 6.30. The van der Waals surface area contributed by atoms with Crippen LogP contribution in [0.25, 0.3) is 16.9 Å². The molecule has 0 atom stereocenters. The van der Waals surface area contributed by atoms with Crippen molar-refractivity contribution in [2.24, 2.45) is 4.99 Å². The average Bonchev–Trinajstić information content (AvgIpc) is 3.59. The number of hydrogen-bond acceptors (Lipinski definition) is 5. The zero-order valence-electron chi connectivity index (χ0n) is 19.6. The molecule has 5 rings (SSSR count). The van der Waals surface area contributed by atoms with Crippen LogP contribution in [0.4, 0.5) is 5.82 Å². The Morgan fingerprint density at radius 1 is 0.973 bits per heavy atom. The number of nitrogens with one attached hydrogen (secondary N) is 1. The summed E-state index contributed by atoms with van der Waals surface area (Å²) in [6.45, 7) is 0.650. The number of ketones is 1. The number of nitrogens with zero attached hydrogens (tertiary/aromatic N) is 4. The monoisotopic (exact) mass is 529 g/mol. The fourth-order valence-corrected chi connectivity index (χ4v) is 4.51. The Bertz CT molecular complexity index is 1530. The topological polar surface area (TPSA) is 89.2 Å². The summed E-state index contributed by atoms with van der Waals surface area (Å²) in [7, 11) is 0.